The second-order valence-electron chi connectivity index (χ2n) is 4.98. The molecule has 0 heterocycles. The largest absolute Gasteiger partial charge is 0.481 e. The van der Waals surface area contributed by atoms with Gasteiger partial charge in [0, 0.05) is 20.2 Å². The predicted molar refractivity (Wildman–Crippen MR) is 67.8 cm³/mol. The van der Waals surface area contributed by atoms with E-state index in [-0.39, 0.29) is 31.1 Å². The number of methoxy groups -OCH3 is 1. The first-order valence-electron chi connectivity index (χ1n) is 6.35. The lowest BCUT2D eigenvalue weighted by molar-refractivity contribution is -0.141. The number of hydrogen-bond acceptors (Lipinski definition) is 4. The number of likely N-dealkylation sites (N-methyl/N-ethyl adjacent to an activating group) is 1. The molecule has 2 amide bonds. The number of nitrogens with one attached hydrogen (secondary N) is 1. The van der Waals surface area contributed by atoms with Gasteiger partial charge in [-0.3, -0.25) is 4.79 Å². The summed E-state index contributed by atoms with van der Waals surface area (Å²) in [5.41, 5.74) is 0. The molecule has 0 aromatic heterocycles. The number of nitrogens with zero attached hydrogens (tertiary/aromatic N) is 1. The molecule has 1 rings (SSSR count). The molecule has 3 N–H and O–H groups in total. The number of carbonyl (C=O) groups excluding carboxylic acids is 1. The summed E-state index contributed by atoms with van der Waals surface area (Å²) in [5.74, 6) is -1.17. The molecule has 0 radical (unpaired) electrons. The number of aliphatic carboxylic acids is 1. The molecule has 0 saturated heterocycles. The molecule has 7 nitrogen and oxygen atoms in total. The van der Waals surface area contributed by atoms with Gasteiger partial charge in [0.2, 0.25) is 0 Å². The average Bonchev–Trinajstić information content (AvgIpc) is 2.77. The fourth-order valence-corrected chi connectivity index (χ4v) is 2.27. The van der Waals surface area contributed by atoms with E-state index >= 15 is 0 Å². The van der Waals surface area contributed by atoms with E-state index in [1.165, 1.54) is 12.0 Å². The Kier molecular flexibility index (Phi) is 6.04. The molecule has 110 valence electrons. The van der Waals surface area contributed by atoms with Crippen LogP contribution in [-0.2, 0) is 9.53 Å². The Morgan fingerprint density at radius 3 is 2.68 bits per heavy atom. The molecule has 0 bridgehead atoms. The van der Waals surface area contributed by atoms with Crippen LogP contribution in [0, 0.1) is 5.92 Å². The zero-order valence-electron chi connectivity index (χ0n) is 11.3. The molecule has 3 atom stereocenters. The second-order valence-corrected chi connectivity index (χ2v) is 4.98. The Hall–Kier alpha value is -1.34. The molecule has 1 unspecified atom stereocenters. The fraction of sp³-hybridized carbons (Fsp3) is 0.833. The van der Waals surface area contributed by atoms with Crippen LogP contribution in [0.25, 0.3) is 0 Å². The molecule has 1 aliphatic rings. The first-order valence-corrected chi connectivity index (χ1v) is 6.35. The van der Waals surface area contributed by atoms with Gasteiger partial charge in [0.1, 0.15) is 0 Å². The third-order valence-electron chi connectivity index (χ3n) is 3.30. The summed E-state index contributed by atoms with van der Waals surface area (Å²) in [6.07, 6.45) is 1.01. The third kappa shape index (κ3) is 5.04. The van der Waals surface area contributed by atoms with Crippen molar-refractivity contribution in [3.05, 3.63) is 0 Å². The van der Waals surface area contributed by atoms with Crippen LogP contribution in [0.4, 0.5) is 4.79 Å². The standard InChI is InChI=1S/C12H22N2O5/c1-14(6-10(15)7-19-2)12(18)13-9-4-3-8(5-9)11(16)17/h8-10,15H,3-7H2,1-2H3,(H,13,18)(H,16,17)/t8-,9+,10?/m1/s1. The number of rotatable bonds is 6. The molecular weight excluding hydrogens is 252 g/mol. The lowest BCUT2D eigenvalue weighted by Gasteiger charge is -2.23. The second kappa shape index (κ2) is 7.30. The van der Waals surface area contributed by atoms with Gasteiger partial charge in [0.05, 0.1) is 25.2 Å². The molecule has 0 aliphatic heterocycles. The number of carboxylic acids is 1. The van der Waals surface area contributed by atoms with Crippen LogP contribution in [0.2, 0.25) is 0 Å². The minimum atomic E-state index is -0.805. The SMILES string of the molecule is COCC(O)CN(C)C(=O)N[C@H]1CC[C@@H](C(=O)O)C1. The number of carbonyl (C=O) groups is 2. The van der Waals surface area contributed by atoms with Crippen molar-refractivity contribution in [2.75, 3.05) is 27.3 Å². The fourth-order valence-electron chi connectivity index (χ4n) is 2.27. The normalized spacial score (nSPS) is 23.9. The van der Waals surface area contributed by atoms with Crippen molar-refractivity contribution >= 4 is 12.0 Å². The van der Waals surface area contributed by atoms with Crippen LogP contribution in [0.1, 0.15) is 19.3 Å². The summed E-state index contributed by atoms with van der Waals surface area (Å²) in [7, 11) is 3.06. The molecule has 1 aliphatic carbocycles. The van der Waals surface area contributed by atoms with Gasteiger partial charge in [-0.05, 0) is 19.3 Å². The average molecular weight is 274 g/mol. The summed E-state index contributed by atoms with van der Waals surface area (Å²) in [5, 5.41) is 21.2. The summed E-state index contributed by atoms with van der Waals surface area (Å²) in [4.78, 5) is 24.0. The lowest BCUT2D eigenvalue weighted by Crippen LogP contribution is -2.45. The molecule has 7 heteroatoms. The van der Waals surface area contributed by atoms with E-state index in [0.29, 0.717) is 19.3 Å². The Labute approximate surface area is 112 Å². The predicted octanol–water partition coefficient (Wildman–Crippen LogP) is -0.112. The van der Waals surface area contributed by atoms with Crippen molar-refractivity contribution in [3.63, 3.8) is 0 Å². The van der Waals surface area contributed by atoms with E-state index in [1.54, 1.807) is 7.05 Å². The Morgan fingerprint density at radius 1 is 1.47 bits per heavy atom. The minimum Gasteiger partial charge on any atom is -0.481 e. The smallest absolute Gasteiger partial charge is 0.317 e. The number of hydrogen-bond donors (Lipinski definition) is 3. The van der Waals surface area contributed by atoms with Crippen molar-refractivity contribution < 1.29 is 24.5 Å². The van der Waals surface area contributed by atoms with Gasteiger partial charge in [-0.1, -0.05) is 0 Å². The van der Waals surface area contributed by atoms with Gasteiger partial charge in [-0.15, -0.1) is 0 Å². The van der Waals surface area contributed by atoms with Gasteiger partial charge >= 0.3 is 12.0 Å². The highest BCUT2D eigenvalue weighted by Crippen LogP contribution is 2.25. The zero-order valence-corrected chi connectivity index (χ0v) is 11.3. The van der Waals surface area contributed by atoms with Crippen LogP contribution in [-0.4, -0.2) is 66.6 Å². The minimum absolute atomic E-state index is 0.101. The molecular formula is C12H22N2O5. The number of aliphatic hydroxyl groups excluding tert-OH is 1. The molecule has 1 saturated carbocycles. The van der Waals surface area contributed by atoms with Gasteiger partial charge in [-0.25, -0.2) is 4.79 Å². The summed E-state index contributed by atoms with van der Waals surface area (Å²) >= 11 is 0. The van der Waals surface area contributed by atoms with Crippen LogP contribution in [0.3, 0.4) is 0 Å². The van der Waals surface area contributed by atoms with Crippen LogP contribution >= 0.6 is 0 Å². The maximum atomic E-state index is 11.8. The van der Waals surface area contributed by atoms with Crippen molar-refractivity contribution in [1.29, 1.82) is 0 Å². The third-order valence-corrected chi connectivity index (χ3v) is 3.30. The van der Waals surface area contributed by atoms with E-state index in [4.69, 9.17) is 9.84 Å². The van der Waals surface area contributed by atoms with E-state index in [9.17, 15) is 14.7 Å². The van der Waals surface area contributed by atoms with Gasteiger partial charge in [-0.2, -0.15) is 0 Å². The summed E-state index contributed by atoms with van der Waals surface area (Å²) in [6, 6.07) is -0.401. The Balaban J connectivity index is 2.32. The highest BCUT2D eigenvalue weighted by molar-refractivity contribution is 5.75. The zero-order chi connectivity index (χ0) is 14.4. The molecule has 0 aromatic rings. The number of urea groups is 1. The van der Waals surface area contributed by atoms with Gasteiger partial charge in [0.25, 0.3) is 0 Å². The first-order chi connectivity index (χ1) is 8.93. The van der Waals surface area contributed by atoms with E-state index in [1.807, 2.05) is 0 Å². The molecule has 19 heavy (non-hydrogen) atoms. The van der Waals surface area contributed by atoms with Gasteiger partial charge < -0.3 is 25.2 Å². The van der Waals surface area contributed by atoms with Crippen molar-refractivity contribution in [3.8, 4) is 0 Å². The summed E-state index contributed by atoms with van der Waals surface area (Å²) in [6.45, 7) is 0.344. The van der Waals surface area contributed by atoms with Crippen LogP contribution in [0.5, 0.6) is 0 Å². The molecule has 1 fully saturated rings. The topological polar surface area (TPSA) is 99.1 Å². The maximum Gasteiger partial charge on any atom is 0.317 e. The Morgan fingerprint density at radius 2 is 2.16 bits per heavy atom. The molecule has 0 aromatic carbocycles. The highest BCUT2D eigenvalue weighted by Gasteiger charge is 2.31. The highest BCUT2D eigenvalue weighted by atomic mass is 16.5. The van der Waals surface area contributed by atoms with E-state index < -0.39 is 12.1 Å². The van der Waals surface area contributed by atoms with Crippen molar-refractivity contribution in [2.24, 2.45) is 5.92 Å². The van der Waals surface area contributed by atoms with Crippen LogP contribution in [0.15, 0.2) is 0 Å². The summed E-state index contributed by atoms with van der Waals surface area (Å²) < 4.78 is 4.78. The number of ether oxygens (including phenoxy) is 1. The maximum absolute atomic E-state index is 11.8. The van der Waals surface area contributed by atoms with Gasteiger partial charge in [0.15, 0.2) is 0 Å². The van der Waals surface area contributed by atoms with E-state index in [2.05, 4.69) is 5.32 Å². The number of amides is 2. The monoisotopic (exact) mass is 274 g/mol. The Bertz CT molecular complexity index is 323. The number of carboxylic acid groups (broad SMARTS) is 1. The lowest BCUT2D eigenvalue weighted by atomic mass is 10.1. The quantitative estimate of drug-likeness (QED) is 0.627. The van der Waals surface area contributed by atoms with Crippen LogP contribution < -0.4 is 5.32 Å². The number of aliphatic hydroxyl groups is 1. The van der Waals surface area contributed by atoms with Crippen molar-refractivity contribution in [2.45, 2.75) is 31.4 Å². The molecule has 0 spiro atoms. The first kappa shape index (κ1) is 15.7. The van der Waals surface area contributed by atoms with Crippen molar-refractivity contribution in [1.82, 2.24) is 10.2 Å². The van der Waals surface area contributed by atoms with E-state index in [0.717, 1.165) is 0 Å².